The second-order valence-corrected chi connectivity index (χ2v) is 4.63. The van der Waals surface area contributed by atoms with E-state index in [0.29, 0.717) is 11.2 Å². The van der Waals surface area contributed by atoms with Crippen LogP contribution in [0.25, 0.3) is 0 Å². The van der Waals surface area contributed by atoms with E-state index in [2.05, 4.69) is 22.4 Å². The van der Waals surface area contributed by atoms with Crippen LogP contribution in [0.1, 0.15) is 32.6 Å². The molecule has 3 nitrogen and oxygen atoms in total. The van der Waals surface area contributed by atoms with Crippen molar-refractivity contribution in [3.8, 4) is 0 Å². The van der Waals surface area contributed by atoms with E-state index in [1.165, 1.54) is 25.7 Å². The smallest absolute Gasteiger partial charge is 0.153 e. The van der Waals surface area contributed by atoms with Gasteiger partial charge in [0.05, 0.1) is 11.9 Å². The molecule has 1 atom stereocenters. The van der Waals surface area contributed by atoms with Crippen molar-refractivity contribution in [2.75, 3.05) is 5.32 Å². The Kier molecular flexibility index (Phi) is 3.41. The number of hydrogen-bond donors (Lipinski definition) is 1. The molecule has 0 aromatic carbocycles. The first-order valence-corrected chi connectivity index (χ1v) is 5.88. The van der Waals surface area contributed by atoms with Crippen molar-refractivity contribution in [3.63, 3.8) is 0 Å². The second-order valence-electron chi connectivity index (χ2n) is 4.24. The first-order valence-electron chi connectivity index (χ1n) is 5.50. The van der Waals surface area contributed by atoms with Crippen molar-refractivity contribution >= 4 is 17.3 Å². The predicted octanol–water partition coefficient (Wildman–Crippen LogP) is 3.12. The molecule has 0 aliphatic heterocycles. The van der Waals surface area contributed by atoms with Gasteiger partial charge >= 0.3 is 0 Å². The van der Waals surface area contributed by atoms with Gasteiger partial charge < -0.3 is 5.32 Å². The van der Waals surface area contributed by atoms with Crippen LogP contribution >= 0.6 is 11.6 Å². The number of nitrogens with zero attached hydrogens (tertiary/aromatic N) is 2. The van der Waals surface area contributed by atoms with Gasteiger partial charge in [-0.05, 0) is 25.7 Å². The fourth-order valence-corrected chi connectivity index (χ4v) is 2.42. The average molecular weight is 226 g/mol. The molecule has 1 aliphatic carbocycles. The molecule has 2 rings (SSSR count). The molecule has 1 aliphatic rings. The molecule has 1 unspecified atom stereocenters. The molecule has 0 spiro atoms. The average Bonchev–Trinajstić information content (AvgIpc) is 2.70. The Balaban J connectivity index is 1.95. The molecule has 1 aromatic heterocycles. The number of nitrogens with one attached hydrogen (secondary N) is 1. The van der Waals surface area contributed by atoms with Crippen molar-refractivity contribution in [1.82, 2.24) is 10.2 Å². The Hall–Kier alpha value is -0.830. The molecule has 0 radical (unpaired) electrons. The summed E-state index contributed by atoms with van der Waals surface area (Å²) in [6.07, 6.45) is 7.12. The lowest BCUT2D eigenvalue weighted by molar-refractivity contribution is 0.482. The van der Waals surface area contributed by atoms with E-state index in [4.69, 9.17) is 11.6 Å². The minimum atomic E-state index is 0.443. The zero-order chi connectivity index (χ0) is 10.7. The fraction of sp³-hybridized carbons (Fsp3) is 0.636. The third kappa shape index (κ3) is 2.81. The van der Waals surface area contributed by atoms with Crippen LogP contribution in [0.3, 0.4) is 0 Å². The summed E-state index contributed by atoms with van der Waals surface area (Å²) in [4.78, 5) is 0. The number of aromatic nitrogens is 2. The van der Waals surface area contributed by atoms with E-state index in [-0.39, 0.29) is 0 Å². The summed E-state index contributed by atoms with van der Waals surface area (Å²) in [5.74, 6) is 0.789. The van der Waals surface area contributed by atoms with E-state index in [0.717, 1.165) is 11.6 Å². The molecular weight excluding hydrogens is 210 g/mol. The predicted molar refractivity (Wildman–Crippen MR) is 62.1 cm³/mol. The normalized spacial score (nSPS) is 19.1. The summed E-state index contributed by atoms with van der Waals surface area (Å²) >= 11 is 5.77. The van der Waals surface area contributed by atoms with Gasteiger partial charge in [0.15, 0.2) is 5.15 Å². The molecule has 1 aromatic rings. The SMILES string of the molecule is CC(Nc1cnnc(Cl)c1)C1CCCC1. The maximum Gasteiger partial charge on any atom is 0.153 e. The lowest BCUT2D eigenvalue weighted by Crippen LogP contribution is -2.23. The molecular formula is C11H16ClN3. The minimum absolute atomic E-state index is 0.443. The van der Waals surface area contributed by atoms with E-state index < -0.39 is 0 Å². The zero-order valence-electron chi connectivity index (χ0n) is 8.91. The van der Waals surface area contributed by atoms with Crippen molar-refractivity contribution in [1.29, 1.82) is 0 Å². The summed E-state index contributed by atoms with van der Waals surface area (Å²) in [6, 6.07) is 2.31. The van der Waals surface area contributed by atoms with Crippen molar-refractivity contribution in [3.05, 3.63) is 17.4 Å². The van der Waals surface area contributed by atoms with Gasteiger partial charge in [-0.1, -0.05) is 24.4 Å². The van der Waals surface area contributed by atoms with Gasteiger partial charge in [0, 0.05) is 12.1 Å². The molecule has 1 fully saturated rings. The lowest BCUT2D eigenvalue weighted by Gasteiger charge is -2.21. The molecule has 1 N–H and O–H groups in total. The van der Waals surface area contributed by atoms with E-state index in [1.807, 2.05) is 6.07 Å². The molecule has 1 heterocycles. The summed E-state index contributed by atoms with van der Waals surface area (Å²) in [7, 11) is 0. The van der Waals surface area contributed by atoms with Crippen LogP contribution in [0.4, 0.5) is 5.69 Å². The number of anilines is 1. The van der Waals surface area contributed by atoms with Crippen molar-refractivity contribution < 1.29 is 0 Å². The van der Waals surface area contributed by atoms with E-state index in [1.54, 1.807) is 6.20 Å². The first kappa shape index (κ1) is 10.7. The van der Waals surface area contributed by atoms with Gasteiger partial charge in [-0.2, -0.15) is 5.10 Å². The van der Waals surface area contributed by atoms with E-state index >= 15 is 0 Å². The highest BCUT2D eigenvalue weighted by Crippen LogP contribution is 2.29. The Bertz CT molecular complexity index is 323. The highest BCUT2D eigenvalue weighted by Gasteiger charge is 2.21. The van der Waals surface area contributed by atoms with Gasteiger partial charge in [-0.3, -0.25) is 0 Å². The zero-order valence-corrected chi connectivity index (χ0v) is 9.67. The van der Waals surface area contributed by atoms with Crippen LogP contribution in [-0.2, 0) is 0 Å². The molecule has 15 heavy (non-hydrogen) atoms. The van der Waals surface area contributed by atoms with Crippen LogP contribution < -0.4 is 5.32 Å². The topological polar surface area (TPSA) is 37.8 Å². The largest absolute Gasteiger partial charge is 0.381 e. The standard InChI is InChI=1S/C11H16ClN3/c1-8(9-4-2-3-5-9)14-10-6-11(12)15-13-7-10/h6-9H,2-5H2,1H3,(H,14,15). The van der Waals surface area contributed by atoms with E-state index in [9.17, 15) is 0 Å². The second kappa shape index (κ2) is 4.79. The summed E-state index contributed by atoms with van der Waals surface area (Å²) in [5.41, 5.74) is 0.967. The third-order valence-electron chi connectivity index (χ3n) is 3.13. The lowest BCUT2D eigenvalue weighted by atomic mass is 10.00. The quantitative estimate of drug-likeness (QED) is 0.859. The Morgan fingerprint density at radius 1 is 1.47 bits per heavy atom. The summed E-state index contributed by atoms with van der Waals surface area (Å²) in [5, 5.41) is 11.4. The van der Waals surface area contributed by atoms with Crippen LogP contribution in [0.2, 0.25) is 5.15 Å². The molecule has 0 amide bonds. The maximum atomic E-state index is 5.77. The fourth-order valence-electron chi connectivity index (χ4n) is 2.26. The van der Waals surface area contributed by atoms with Gasteiger partial charge in [0.25, 0.3) is 0 Å². The molecule has 4 heteroatoms. The minimum Gasteiger partial charge on any atom is -0.381 e. The Labute approximate surface area is 95.2 Å². The van der Waals surface area contributed by atoms with Gasteiger partial charge in [-0.15, -0.1) is 5.10 Å². The molecule has 0 bridgehead atoms. The number of rotatable bonds is 3. The molecule has 82 valence electrons. The third-order valence-corrected chi connectivity index (χ3v) is 3.31. The summed E-state index contributed by atoms with van der Waals surface area (Å²) < 4.78 is 0. The highest BCUT2D eigenvalue weighted by molar-refractivity contribution is 6.29. The van der Waals surface area contributed by atoms with Crippen LogP contribution in [0.5, 0.6) is 0 Å². The first-order chi connectivity index (χ1) is 7.25. The van der Waals surface area contributed by atoms with Gasteiger partial charge in [0.2, 0.25) is 0 Å². The van der Waals surface area contributed by atoms with Crippen molar-refractivity contribution in [2.24, 2.45) is 5.92 Å². The number of hydrogen-bond acceptors (Lipinski definition) is 3. The molecule has 0 saturated heterocycles. The summed E-state index contributed by atoms with van der Waals surface area (Å²) in [6.45, 7) is 2.23. The Morgan fingerprint density at radius 2 is 2.20 bits per heavy atom. The van der Waals surface area contributed by atoms with Crippen LogP contribution in [-0.4, -0.2) is 16.2 Å². The van der Waals surface area contributed by atoms with Gasteiger partial charge in [-0.25, -0.2) is 0 Å². The van der Waals surface area contributed by atoms with Crippen LogP contribution in [0.15, 0.2) is 12.3 Å². The van der Waals surface area contributed by atoms with Gasteiger partial charge in [0.1, 0.15) is 0 Å². The Morgan fingerprint density at radius 3 is 2.87 bits per heavy atom. The van der Waals surface area contributed by atoms with Crippen molar-refractivity contribution in [2.45, 2.75) is 38.6 Å². The monoisotopic (exact) mass is 225 g/mol. The molecule has 1 saturated carbocycles. The number of halogens is 1. The highest BCUT2D eigenvalue weighted by atomic mass is 35.5. The maximum absolute atomic E-state index is 5.77. The van der Waals surface area contributed by atoms with Crippen LogP contribution in [0, 0.1) is 5.92 Å².